The molecule has 1 saturated heterocycles. The normalized spacial score (nSPS) is 16.9. The second-order valence-corrected chi connectivity index (χ2v) is 4.77. The molecular formula is C14H12N4OS. The molecule has 1 aromatic carbocycles. The summed E-state index contributed by atoms with van der Waals surface area (Å²) in [7, 11) is 1.83. The van der Waals surface area contributed by atoms with E-state index in [9.17, 15) is 4.79 Å². The lowest BCUT2D eigenvalue weighted by molar-refractivity contribution is -0.113. The van der Waals surface area contributed by atoms with E-state index in [4.69, 9.17) is 12.2 Å². The van der Waals surface area contributed by atoms with E-state index in [1.54, 1.807) is 10.8 Å². The van der Waals surface area contributed by atoms with Gasteiger partial charge in [-0.05, 0) is 36.5 Å². The van der Waals surface area contributed by atoms with Crippen LogP contribution in [0.2, 0.25) is 0 Å². The molecule has 5 nitrogen and oxygen atoms in total. The number of hydrogen-bond acceptors (Lipinski definition) is 3. The van der Waals surface area contributed by atoms with Gasteiger partial charge in [-0.15, -0.1) is 0 Å². The highest BCUT2D eigenvalue weighted by molar-refractivity contribution is 7.80. The lowest BCUT2D eigenvalue weighted by atomic mass is 10.3. The quantitative estimate of drug-likeness (QED) is 0.673. The molecule has 2 aromatic rings. The molecule has 2 heterocycles. The predicted molar refractivity (Wildman–Crippen MR) is 80.8 cm³/mol. The highest BCUT2D eigenvalue weighted by Gasteiger charge is 2.31. The van der Waals surface area contributed by atoms with Gasteiger partial charge in [0.25, 0.3) is 5.91 Å². The summed E-state index contributed by atoms with van der Waals surface area (Å²) in [5.74, 6) is -0.174. The summed E-state index contributed by atoms with van der Waals surface area (Å²) >= 11 is 5.23. The molecule has 20 heavy (non-hydrogen) atoms. The molecular weight excluding hydrogens is 272 g/mol. The molecule has 1 aromatic heterocycles. The minimum atomic E-state index is -0.174. The van der Waals surface area contributed by atoms with Crippen molar-refractivity contribution in [3.63, 3.8) is 0 Å². The zero-order chi connectivity index (χ0) is 14.1. The van der Waals surface area contributed by atoms with Crippen LogP contribution in [0.15, 0.2) is 48.3 Å². The number of nitrogens with one attached hydrogen (secondary N) is 1. The van der Waals surface area contributed by atoms with Crippen LogP contribution in [-0.4, -0.2) is 20.8 Å². The molecule has 0 saturated carbocycles. The molecule has 0 aliphatic carbocycles. The summed E-state index contributed by atoms with van der Waals surface area (Å²) in [6.45, 7) is 0. The van der Waals surface area contributed by atoms with E-state index in [1.807, 2.05) is 49.6 Å². The topological polar surface area (TPSA) is 50.2 Å². The Morgan fingerprint density at radius 3 is 2.65 bits per heavy atom. The summed E-state index contributed by atoms with van der Waals surface area (Å²) < 4.78 is 1.68. The van der Waals surface area contributed by atoms with Crippen LogP contribution in [0.5, 0.6) is 0 Å². The fourth-order valence-corrected chi connectivity index (χ4v) is 2.30. The number of carbonyl (C=O) groups is 1. The molecule has 1 aliphatic rings. The maximum atomic E-state index is 12.4. The number of hydrogen-bond donors (Lipinski definition) is 1. The lowest BCUT2D eigenvalue weighted by Gasteiger charge is -2.13. The van der Waals surface area contributed by atoms with Crippen molar-refractivity contribution in [3.8, 4) is 0 Å². The molecule has 0 bridgehead atoms. The van der Waals surface area contributed by atoms with Crippen molar-refractivity contribution in [2.75, 3.05) is 4.90 Å². The van der Waals surface area contributed by atoms with Crippen molar-refractivity contribution in [1.29, 1.82) is 0 Å². The van der Waals surface area contributed by atoms with Crippen LogP contribution in [-0.2, 0) is 11.8 Å². The van der Waals surface area contributed by atoms with Gasteiger partial charge in [0.2, 0.25) is 0 Å². The van der Waals surface area contributed by atoms with Crippen LogP contribution in [0.1, 0.15) is 5.69 Å². The Morgan fingerprint density at radius 1 is 1.25 bits per heavy atom. The SMILES string of the molecule is Cn1ccc(C=C2NC(=S)N(c3ccccc3)C2=O)n1. The molecule has 0 spiro atoms. The Labute approximate surface area is 121 Å². The average molecular weight is 284 g/mol. The first-order valence-corrected chi connectivity index (χ1v) is 6.48. The smallest absolute Gasteiger partial charge is 0.281 e. The van der Waals surface area contributed by atoms with Crippen molar-refractivity contribution in [1.82, 2.24) is 15.1 Å². The Morgan fingerprint density at radius 2 is 2.00 bits per heavy atom. The largest absolute Gasteiger partial charge is 0.327 e. The van der Waals surface area contributed by atoms with E-state index in [0.29, 0.717) is 16.5 Å². The van der Waals surface area contributed by atoms with E-state index in [0.717, 1.165) is 5.69 Å². The number of rotatable bonds is 2. The van der Waals surface area contributed by atoms with E-state index in [2.05, 4.69) is 10.4 Å². The highest BCUT2D eigenvalue weighted by Crippen LogP contribution is 2.21. The van der Waals surface area contributed by atoms with Gasteiger partial charge in [-0.1, -0.05) is 18.2 Å². The number of amides is 1. The third-order valence-electron chi connectivity index (χ3n) is 2.92. The Hall–Kier alpha value is -2.47. The van der Waals surface area contributed by atoms with Crippen molar-refractivity contribution in [2.45, 2.75) is 0 Å². The second-order valence-electron chi connectivity index (χ2n) is 4.38. The first kappa shape index (κ1) is 12.6. The molecule has 1 amide bonds. The number of carbonyl (C=O) groups excluding carboxylic acids is 1. The predicted octanol–water partition coefficient (Wildman–Crippen LogP) is 1.68. The average Bonchev–Trinajstić information content (AvgIpc) is 2.96. The lowest BCUT2D eigenvalue weighted by Crippen LogP contribution is -2.30. The van der Waals surface area contributed by atoms with Crippen LogP contribution in [0, 0.1) is 0 Å². The van der Waals surface area contributed by atoms with Crippen molar-refractivity contribution >= 4 is 35.0 Å². The molecule has 3 rings (SSSR count). The fourth-order valence-electron chi connectivity index (χ4n) is 2.00. The number of nitrogens with zero attached hydrogens (tertiary/aromatic N) is 3. The summed E-state index contributed by atoms with van der Waals surface area (Å²) in [6.07, 6.45) is 3.51. The molecule has 1 aliphatic heterocycles. The standard InChI is InChI=1S/C14H12N4OS/c1-17-8-7-10(16-17)9-12-13(19)18(14(20)15-12)11-5-3-2-4-6-11/h2-9H,1H3,(H,15,20). The Balaban J connectivity index is 1.93. The number of para-hydroxylation sites is 1. The van der Waals surface area contributed by atoms with Gasteiger partial charge in [-0.3, -0.25) is 14.4 Å². The highest BCUT2D eigenvalue weighted by atomic mass is 32.1. The van der Waals surface area contributed by atoms with Gasteiger partial charge in [0.05, 0.1) is 11.4 Å². The van der Waals surface area contributed by atoms with Gasteiger partial charge < -0.3 is 5.32 Å². The van der Waals surface area contributed by atoms with Gasteiger partial charge in [0.15, 0.2) is 5.11 Å². The van der Waals surface area contributed by atoms with Gasteiger partial charge in [-0.2, -0.15) is 5.10 Å². The van der Waals surface area contributed by atoms with E-state index >= 15 is 0 Å². The number of aromatic nitrogens is 2. The monoisotopic (exact) mass is 284 g/mol. The van der Waals surface area contributed by atoms with Crippen molar-refractivity contribution in [3.05, 3.63) is 54.0 Å². The number of aryl methyl sites for hydroxylation is 1. The van der Waals surface area contributed by atoms with Gasteiger partial charge >= 0.3 is 0 Å². The van der Waals surface area contributed by atoms with E-state index in [-0.39, 0.29) is 5.91 Å². The summed E-state index contributed by atoms with van der Waals surface area (Å²) in [6, 6.07) is 11.1. The second kappa shape index (κ2) is 4.90. The molecule has 6 heteroatoms. The Kier molecular flexibility index (Phi) is 3.08. The van der Waals surface area contributed by atoms with E-state index in [1.165, 1.54) is 4.90 Å². The molecule has 0 radical (unpaired) electrons. The van der Waals surface area contributed by atoms with Crippen LogP contribution in [0.25, 0.3) is 6.08 Å². The van der Waals surface area contributed by atoms with Gasteiger partial charge in [0.1, 0.15) is 5.70 Å². The zero-order valence-electron chi connectivity index (χ0n) is 10.8. The summed E-state index contributed by atoms with van der Waals surface area (Å²) in [4.78, 5) is 13.9. The number of anilines is 1. The maximum absolute atomic E-state index is 12.4. The molecule has 1 N–H and O–H groups in total. The summed E-state index contributed by atoms with van der Waals surface area (Å²) in [5.41, 5.74) is 1.89. The molecule has 0 unspecified atom stereocenters. The van der Waals surface area contributed by atoms with Crippen LogP contribution < -0.4 is 10.2 Å². The van der Waals surface area contributed by atoms with Gasteiger partial charge in [0, 0.05) is 13.2 Å². The third-order valence-corrected chi connectivity index (χ3v) is 3.20. The fraction of sp³-hybridized carbons (Fsp3) is 0.0714. The first-order chi connectivity index (χ1) is 9.65. The minimum absolute atomic E-state index is 0.174. The van der Waals surface area contributed by atoms with E-state index < -0.39 is 0 Å². The first-order valence-electron chi connectivity index (χ1n) is 6.07. The van der Waals surface area contributed by atoms with Crippen LogP contribution in [0.4, 0.5) is 5.69 Å². The van der Waals surface area contributed by atoms with Crippen molar-refractivity contribution in [2.24, 2.45) is 7.05 Å². The Bertz CT molecular complexity index is 705. The molecule has 1 fully saturated rings. The maximum Gasteiger partial charge on any atom is 0.281 e. The third kappa shape index (κ3) is 2.21. The molecule has 100 valence electrons. The van der Waals surface area contributed by atoms with Crippen LogP contribution in [0.3, 0.4) is 0 Å². The summed E-state index contributed by atoms with van der Waals surface area (Å²) in [5, 5.41) is 7.53. The van der Waals surface area contributed by atoms with Crippen molar-refractivity contribution < 1.29 is 4.79 Å². The van der Waals surface area contributed by atoms with Gasteiger partial charge in [-0.25, -0.2) is 0 Å². The zero-order valence-corrected chi connectivity index (χ0v) is 11.6. The number of thiocarbonyl (C=S) groups is 1. The number of benzene rings is 1. The minimum Gasteiger partial charge on any atom is -0.327 e. The van der Waals surface area contributed by atoms with Crippen LogP contribution >= 0.6 is 12.2 Å². The molecule has 0 atom stereocenters.